The molecule has 2 aromatic carbocycles. The normalized spacial score (nSPS) is 11.4. The molecule has 0 saturated carbocycles. The van der Waals surface area contributed by atoms with Crippen molar-refractivity contribution in [3.8, 4) is 11.1 Å². The zero-order chi connectivity index (χ0) is 12.3. The highest BCUT2D eigenvalue weighted by Gasteiger charge is 2.10. The van der Waals surface area contributed by atoms with E-state index in [0.29, 0.717) is 0 Å². The molecular weight excluding hydrogens is 234 g/mol. The number of nitrogens with one attached hydrogen (secondary N) is 1. The summed E-state index contributed by atoms with van der Waals surface area (Å²) in [6.45, 7) is 0. The Morgan fingerprint density at radius 1 is 0.824 bits per heavy atom. The minimum absolute atomic E-state index is 0.277. The maximum atomic E-state index is 11.5. The first-order chi connectivity index (χ1) is 8.13. The molecule has 0 amide bonds. The van der Waals surface area contributed by atoms with Gasteiger partial charge in [-0.3, -0.25) is 0 Å². The summed E-state index contributed by atoms with van der Waals surface area (Å²) in [4.78, 5) is 0.277. The third kappa shape index (κ3) is 2.54. The van der Waals surface area contributed by atoms with Crippen molar-refractivity contribution in [1.82, 2.24) is 4.72 Å². The standard InChI is InChI=1S/C13H13NO2S/c1-14-17(15,16)13-9-7-12(8-10-13)11-5-3-2-4-6-11/h2-10,14H,1H3. The lowest BCUT2D eigenvalue weighted by Gasteiger charge is -2.04. The molecule has 1 N–H and O–H groups in total. The van der Waals surface area contributed by atoms with Gasteiger partial charge in [0.25, 0.3) is 0 Å². The van der Waals surface area contributed by atoms with E-state index in [0.717, 1.165) is 11.1 Å². The van der Waals surface area contributed by atoms with E-state index in [-0.39, 0.29) is 4.90 Å². The van der Waals surface area contributed by atoms with E-state index in [9.17, 15) is 8.42 Å². The topological polar surface area (TPSA) is 46.2 Å². The lowest BCUT2D eigenvalue weighted by atomic mass is 10.1. The summed E-state index contributed by atoms with van der Waals surface area (Å²) in [5.41, 5.74) is 2.07. The second-order valence-corrected chi connectivity index (χ2v) is 5.48. The van der Waals surface area contributed by atoms with Crippen LogP contribution in [0.5, 0.6) is 0 Å². The summed E-state index contributed by atoms with van der Waals surface area (Å²) < 4.78 is 25.4. The summed E-state index contributed by atoms with van der Waals surface area (Å²) in [6, 6.07) is 16.6. The molecule has 0 fully saturated rings. The Hall–Kier alpha value is -1.65. The SMILES string of the molecule is CNS(=O)(=O)c1ccc(-c2ccccc2)cc1. The fourth-order valence-electron chi connectivity index (χ4n) is 1.57. The van der Waals surface area contributed by atoms with Gasteiger partial charge in [-0.25, -0.2) is 13.1 Å². The molecule has 2 rings (SSSR count). The van der Waals surface area contributed by atoms with Gasteiger partial charge in [-0.2, -0.15) is 0 Å². The first-order valence-electron chi connectivity index (χ1n) is 5.22. The Bertz CT molecular complexity index is 589. The Labute approximate surface area is 101 Å². The van der Waals surface area contributed by atoms with Crippen LogP contribution >= 0.6 is 0 Å². The lowest BCUT2D eigenvalue weighted by molar-refractivity contribution is 0.588. The second-order valence-electron chi connectivity index (χ2n) is 3.60. The van der Waals surface area contributed by atoms with Crippen molar-refractivity contribution in [1.29, 1.82) is 0 Å². The summed E-state index contributed by atoms with van der Waals surface area (Å²) in [6.07, 6.45) is 0. The van der Waals surface area contributed by atoms with Crippen molar-refractivity contribution in [2.45, 2.75) is 4.90 Å². The Morgan fingerprint density at radius 3 is 1.88 bits per heavy atom. The van der Waals surface area contributed by atoms with E-state index in [4.69, 9.17) is 0 Å². The molecule has 0 unspecified atom stereocenters. The third-order valence-electron chi connectivity index (χ3n) is 2.54. The molecule has 0 aliphatic carbocycles. The van der Waals surface area contributed by atoms with Crippen molar-refractivity contribution in [2.24, 2.45) is 0 Å². The highest BCUT2D eigenvalue weighted by atomic mass is 32.2. The molecule has 0 aliphatic rings. The van der Waals surface area contributed by atoms with E-state index in [2.05, 4.69) is 4.72 Å². The first kappa shape index (κ1) is 11.8. The third-order valence-corrected chi connectivity index (χ3v) is 3.97. The number of sulfonamides is 1. The van der Waals surface area contributed by atoms with Gasteiger partial charge in [0.15, 0.2) is 0 Å². The summed E-state index contributed by atoms with van der Waals surface area (Å²) in [7, 11) is -1.94. The average molecular weight is 247 g/mol. The van der Waals surface area contributed by atoms with E-state index in [1.807, 2.05) is 30.3 Å². The maximum Gasteiger partial charge on any atom is 0.240 e. The first-order valence-corrected chi connectivity index (χ1v) is 6.71. The molecule has 0 aliphatic heterocycles. The summed E-state index contributed by atoms with van der Waals surface area (Å²) in [5, 5.41) is 0. The highest BCUT2D eigenvalue weighted by Crippen LogP contribution is 2.20. The maximum absolute atomic E-state index is 11.5. The van der Waals surface area contributed by atoms with Gasteiger partial charge in [-0.05, 0) is 30.3 Å². The molecule has 4 heteroatoms. The Balaban J connectivity index is 2.38. The molecule has 0 bridgehead atoms. The number of benzene rings is 2. The lowest BCUT2D eigenvalue weighted by Crippen LogP contribution is -2.18. The summed E-state index contributed by atoms with van der Waals surface area (Å²) >= 11 is 0. The van der Waals surface area contributed by atoms with Crippen LogP contribution in [0.25, 0.3) is 11.1 Å². The van der Waals surface area contributed by atoms with Crippen LogP contribution in [-0.4, -0.2) is 15.5 Å². The Morgan fingerprint density at radius 2 is 1.35 bits per heavy atom. The van der Waals surface area contributed by atoms with Gasteiger partial charge in [0.2, 0.25) is 10.0 Å². The monoisotopic (exact) mass is 247 g/mol. The van der Waals surface area contributed by atoms with Crippen LogP contribution in [0.3, 0.4) is 0 Å². The molecule has 2 aromatic rings. The van der Waals surface area contributed by atoms with Crippen molar-refractivity contribution < 1.29 is 8.42 Å². The van der Waals surface area contributed by atoms with Crippen LogP contribution in [0, 0.1) is 0 Å². The van der Waals surface area contributed by atoms with Crippen LogP contribution in [0.4, 0.5) is 0 Å². The van der Waals surface area contributed by atoms with E-state index in [1.54, 1.807) is 24.3 Å². The van der Waals surface area contributed by atoms with Crippen molar-refractivity contribution in [3.63, 3.8) is 0 Å². The molecular formula is C13H13NO2S. The van der Waals surface area contributed by atoms with Gasteiger partial charge in [0, 0.05) is 0 Å². The van der Waals surface area contributed by atoms with E-state index < -0.39 is 10.0 Å². The predicted octanol–water partition coefficient (Wildman–Crippen LogP) is 2.26. The van der Waals surface area contributed by atoms with Gasteiger partial charge in [0.05, 0.1) is 4.90 Å². The number of hydrogen-bond acceptors (Lipinski definition) is 2. The molecule has 0 aromatic heterocycles. The van der Waals surface area contributed by atoms with Crippen LogP contribution < -0.4 is 4.72 Å². The van der Waals surface area contributed by atoms with Gasteiger partial charge >= 0.3 is 0 Å². The second kappa shape index (κ2) is 4.69. The van der Waals surface area contributed by atoms with Crippen LogP contribution in [-0.2, 0) is 10.0 Å². The Kier molecular flexibility index (Phi) is 3.26. The van der Waals surface area contributed by atoms with Crippen molar-refractivity contribution in [3.05, 3.63) is 54.6 Å². The average Bonchev–Trinajstić information content (AvgIpc) is 2.40. The van der Waals surface area contributed by atoms with Crippen LogP contribution in [0.1, 0.15) is 0 Å². The molecule has 88 valence electrons. The largest absolute Gasteiger partial charge is 0.240 e. The molecule has 0 atom stereocenters. The molecule has 0 heterocycles. The van der Waals surface area contributed by atoms with Crippen molar-refractivity contribution in [2.75, 3.05) is 7.05 Å². The van der Waals surface area contributed by atoms with Crippen molar-refractivity contribution >= 4 is 10.0 Å². The zero-order valence-corrected chi connectivity index (χ0v) is 10.2. The summed E-state index contributed by atoms with van der Waals surface area (Å²) in [5.74, 6) is 0. The van der Waals surface area contributed by atoms with E-state index in [1.165, 1.54) is 7.05 Å². The number of rotatable bonds is 3. The van der Waals surface area contributed by atoms with Crippen LogP contribution in [0.2, 0.25) is 0 Å². The van der Waals surface area contributed by atoms with Crippen LogP contribution in [0.15, 0.2) is 59.5 Å². The smallest absolute Gasteiger partial charge is 0.214 e. The number of hydrogen-bond donors (Lipinski definition) is 1. The molecule has 0 spiro atoms. The van der Waals surface area contributed by atoms with E-state index >= 15 is 0 Å². The van der Waals surface area contributed by atoms with Gasteiger partial charge in [-0.15, -0.1) is 0 Å². The zero-order valence-electron chi connectivity index (χ0n) is 9.42. The van der Waals surface area contributed by atoms with Gasteiger partial charge in [-0.1, -0.05) is 42.5 Å². The van der Waals surface area contributed by atoms with Gasteiger partial charge in [0.1, 0.15) is 0 Å². The quantitative estimate of drug-likeness (QED) is 0.904. The minimum atomic E-state index is -3.35. The predicted molar refractivity (Wildman–Crippen MR) is 68.1 cm³/mol. The molecule has 0 saturated heterocycles. The van der Waals surface area contributed by atoms with Gasteiger partial charge < -0.3 is 0 Å². The fraction of sp³-hybridized carbons (Fsp3) is 0.0769. The minimum Gasteiger partial charge on any atom is -0.214 e. The molecule has 3 nitrogen and oxygen atoms in total. The molecule has 0 radical (unpaired) electrons. The molecule has 17 heavy (non-hydrogen) atoms. The highest BCUT2D eigenvalue weighted by molar-refractivity contribution is 7.89. The fourth-order valence-corrected chi connectivity index (χ4v) is 2.31.